The number of rotatable bonds is 9. The van der Waals surface area contributed by atoms with Gasteiger partial charge in [-0.05, 0) is 61.2 Å². The fourth-order valence-corrected chi connectivity index (χ4v) is 4.99. The molecule has 1 heterocycles. The van der Waals surface area contributed by atoms with Gasteiger partial charge < -0.3 is 29.4 Å². The number of hydrogen-bond donors (Lipinski definition) is 1. The molecular weight excluding hydrogens is 544 g/mol. The Hall–Kier alpha value is -5.42. The van der Waals surface area contributed by atoms with Crippen LogP contribution in [0.2, 0.25) is 0 Å². The lowest BCUT2D eigenvalue weighted by Gasteiger charge is -2.27. The minimum Gasteiger partial charge on any atom is -0.493 e. The third-order valence-corrected chi connectivity index (χ3v) is 7.20. The molecule has 218 valence electrons. The highest BCUT2D eigenvalue weighted by Crippen LogP contribution is 2.45. The summed E-state index contributed by atoms with van der Waals surface area (Å²) in [5.74, 6) is 1.25. The van der Waals surface area contributed by atoms with E-state index in [-0.39, 0.29) is 23.8 Å². The van der Waals surface area contributed by atoms with Crippen molar-refractivity contribution in [2.24, 2.45) is 5.73 Å². The number of aryl methyl sites for hydroxylation is 3. The fourth-order valence-electron chi connectivity index (χ4n) is 4.99. The van der Waals surface area contributed by atoms with Crippen LogP contribution in [0, 0.1) is 32.1 Å². The summed E-state index contributed by atoms with van der Waals surface area (Å²) >= 11 is 0. The lowest BCUT2D eigenvalue weighted by atomic mass is 9.83. The molecule has 1 aliphatic rings. The average Bonchev–Trinajstić information content (AvgIpc) is 2.99. The lowest BCUT2D eigenvalue weighted by molar-refractivity contribution is -0.136. The van der Waals surface area contributed by atoms with Gasteiger partial charge in [0.1, 0.15) is 35.5 Å². The molecule has 0 aromatic heterocycles. The van der Waals surface area contributed by atoms with E-state index in [2.05, 4.69) is 6.07 Å². The Labute approximate surface area is 250 Å². The van der Waals surface area contributed by atoms with Gasteiger partial charge in [0.15, 0.2) is 18.1 Å². The second-order valence-electron chi connectivity index (χ2n) is 10.3. The first kappa shape index (κ1) is 29.1. The van der Waals surface area contributed by atoms with Crippen LogP contribution in [0.3, 0.4) is 0 Å². The first-order valence-electron chi connectivity index (χ1n) is 13.7. The van der Waals surface area contributed by atoms with Gasteiger partial charge in [-0.15, -0.1) is 0 Å². The van der Waals surface area contributed by atoms with Gasteiger partial charge in [0.25, 0.3) is 0 Å². The largest absolute Gasteiger partial charge is 0.493 e. The van der Waals surface area contributed by atoms with Crippen molar-refractivity contribution in [2.75, 3.05) is 13.7 Å². The van der Waals surface area contributed by atoms with E-state index in [9.17, 15) is 10.1 Å². The minimum absolute atomic E-state index is 0.0273. The highest BCUT2D eigenvalue weighted by atomic mass is 16.6. The van der Waals surface area contributed by atoms with E-state index in [1.165, 1.54) is 5.56 Å². The maximum Gasteiger partial charge on any atom is 0.349 e. The predicted octanol–water partition coefficient (Wildman–Crippen LogP) is 6.40. The Kier molecular flexibility index (Phi) is 8.54. The summed E-state index contributed by atoms with van der Waals surface area (Å²) in [6.45, 7) is 5.99. The minimum atomic E-state index is -0.567. The molecule has 8 heteroatoms. The monoisotopic (exact) mass is 576 g/mol. The molecule has 8 nitrogen and oxygen atoms in total. The maximum absolute atomic E-state index is 12.6. The predicted molar refractivity (Wildman–Crippen MR) is 161 cm³/mol. The van der Waals surface area contributed by atoms with Gasteiger partial charge >= 0.3 is 5.97 Å². The highest BCUT2D eigenvalue weighted by molar-refractivity contribution is 5.74. The topological polar surface area (TPSA) is 113 Å². The molecule has 1 aliphatic heterocycles. The molecule has 0 saturated heterocycles. The molecule has 43 heavy (non-hydrogen) atoms. The lowest BCUT2D eigenvalue weighted by Crippen LogP contribution is -2.22. The van der Waals surface area contributed by atoms with Crippen LogP contribution in [-0.4, -0.2) is 19.7 Å². The molecule has 0 aliphatic carbocycles. The summed E-state index contributed by atoms with van der Waals surface area (Å²) in [7, 11) is 1.57. The number of carbonyl (C=O) groups is 1. The second-order valence-corrected chi connectivity index (χ2v) is 10.3. The zero-order chi connectivity index (χ0) is 30.5. The van der Waals surface area contributed by atoms with Crippen molar-refractivity contribution in [3.63, 3.8) is 0 Å². The number of nitriles is 1. The number of methoxy groups -OCH3 is 1. The van der Waals surface area contributed by atoms with Gasteiger partial charge in [0.2, 0.25) is 5.88 Å². The van der Waals surface area contributed by atoms with E-state index in [0.29, 0.717) is 35.2 Å². The van der Waals surface area contributed by atoms with E-state index in [1.54, 1.807) is 25.3 Å². The van der Waals surface area contributed by atoms with E-state index in [0.717, 1.165) is 22.3 Å². The van der Waals surface area contributed by atoms with Crippen molar-refractivity contribution >= 4 is 5.97 Å². The third kappa shape index (κ3) is 6.41. The number of ether oxygens (including phenoxy) is 5. The molecule has 0 radical (unpaired) electrons. The van der Waals surface area contributed by atoms with Gasteiger partial charge in [-0.25, -0.2) is 4.79 Å². The van der Waals surface area contributed by atoms with Crippen molar-refractivity contribution in [1.29, 1.82) is 5.26 Å². The van der Waals surface area contributed by atoms with Crippen LogP contribution < -0.4 is 29.4 Å². The van der Waals surface area contributed by atoms with Crippen molar-refractivity contribution in [3.8, 4) is 34.8 Å². The SMILES string of the molecule is COc1cc(C2C(C#N)=C(N)Oc3cc(OC(=O)COc4c(C)cccc4C)ccc32)ccc1OCc1ccc(C)cc1. The fraction of sp³-hybridized carbons (Fsp3) is 0.200. The first-order valence-corrected chi connectivity index (χ1v) is 13.7. The van der Waals surface area contributed by atoms with E-state index >= 15 is 0 Å². The highest BCUT2D eigenvalue weighted by Gasteiger charge is 2.32. The van der Waals surface area contributed by atoms with Crippen molar-refractivity contribution in [3.05, 3.63) is 124 Å². The standard InChI is InChI=1S/C35H32N2O6/c1-21-8-10-24(11-9-21)19-40-29-15-12-25(16-31(29)39-4)33-27-14-13-26(17-30(27)43-35(37)28(33)18-36)42-32(38)20-41-34-22(2)6-5-7-23(34)3/h5-17,33H,19-20,37H2,1-4H3. The van der Waals surface area contributed by atoms with Crippen LogP contribution >= 0.6 is 0 Å². The summed E-state index contributed by atoms with van der Waals surface area (Å²) in [5, 5.41) is 9.99. The zero-order valence-electron chi connectivity index (χ0n) is 24.5. The second kappa shape index (κ2) is 12.6. The first-order chi connectivity index (χ1) is 20.8. The Bertz CT molecular complexity index is 1720. The Balaban J connectivity index is 1.36. The molecular formula is C35H32N2O6. The Morgan fingerprint density at radius 3 is 2.37 bits per heavy atom. The van der Waals surface area contributed by atoms with Gasteiger partial charge in [0, 0.05) is 11.6 Å². The number of carbonyl (C=O) groups excluding carboxylic acids is 1. The smallest absolute Gasteiger partial charge is 0.349 e. The zero-order valence-corrected chi connectivity index (χ0v) is 24.5. The number of hydrogen-bond acceptors (Lipinski definition) is 8. The number of fused-ring (bicyclic) bond motifs is 1. The summed E-state index contributed by atoms with van der Waals surface area (Å²) in [4.78, 5) is 12.6. The molecule has 1 atom stereocenters. The van der Waals surface area contributed by atoms with E-state index < -0.39 is 11.9 Å². The molecule has 4 aromatic rings. The molecule has 5 rings (SSSR count). The number of esters is 1. The van der Waals surface area contributed by atoms with Crippen molar-refractivity contribution in [2.45, 2.75) is 33.3 Å². The number of allylic oxidation sites excluding steroid dienone is 1. The average molecular weight is 577 g/mol. The van der Waals surface area contributed by atoms with Gasteiger partial charge in [0.05, 0.1) is 13.0 Å². The van der Waals surface area contributed by atoms with Crippen LogP contribution in [0.25, 0.3) is 0 Å². The van der Waals surface area contributed by atoms with Gasteiger partial charge in [-0.2, -0.15) is 5.26 Å². The Morgan fingerprint density at radius 1 is 0.930 bits per heavy atom. The molecule has 0 amide bonds. The Morgan fingerprint density at radius 2 is 1.67 bits per heavy atom. The van der Waals surface area contributed by atoms with Gasteiger partial charge in [-0.1, -0.05) is 60.2 Å². The molecule has 1 unspecified atom stereocenters. The summed E-state index contributed by atoms with van der Waals surface area (Å²) < 4.78 is 28.7. The van der Waals surface area contributed by atoms with Gasteiger partial charge in [-0.3, -0.25) is 0 Å². The summed E-state index contributed by atoms with van der Waals surface area (Å²) in [6, 6.07) is 26.6. The van der Waals surface area contributed by atoms with Crippen molar-refractivity contribution < 1.29 is 28.5 Å². The van der Waals surface area contributed by atoms with Crippen LogP contribution in [0.4, 0.5) is 0 Å². The van der Waals surface area contributed by atoms with Crippen LogP contribution in [-0.2, 0) is 11.4 Å². The normalized spacial score (nSPS) is 13.8. The summed E-state index contributed by atoms with van der Waals surface area (Å²) in [6.07, 6.45) is 0. The van der Waals surface area contributed by atoms with Crippen LogP contribution in [0.5, 0.6) is 28.7 Å². The van der Waals surface area contributed by atoms with E-state index in [4.69, 9.17) is 29.4 Å². The molecule has 0 spiro atoms. The number of para-hydroxylation sites is 1. The number of nitrogens with two attached hydrogens (primary N) is 1. The molecule has 2 N–H and O–H groups in total. The number of benzene rings is 4. The quantitative estimate of drug-likeness (QED) is 0.180. The molecule has 4 aromatic carbocycles. The third-order valence-electron chi connectivity index (χ3n) is 7.20. The van der Waals surface area contributed by atoms with Crippen LogP contribution in [0.15, 0.2) is 90.3 Å². The molecule has 0 bridgehead atoms. The molecule has 0 fully saturated rings. The summed E-state index contributed by atoms with van der Waals surface area (Å²) in [5.41, 5.74) is 12.0. The van der Waals surface area contributed by atoms with Crippen molar-refractivity contribution in [1.82, 2.24) is 0 Å². The van der Waals surface area contributed by atoms with Crippen LogP contribution in [0.1, 0.15) is 39.3 Å². The maximum atomic E-state index is 12.6. The van der Waals surface area contributed by atoms with E-state index in [1.807, 2.05) is 81.4 Å². The number of nitrogens with zero attached hydrogens (tertiary/aromatic N) is 1. The molecule has 0 saturated carbocycles.